The van der Waals surface area contributed by atoms with Gasteiger partial charge in [0.25, 0.3) is 0 Å². The van der Waals surface area contributed by atoms with Crippen LogP contribution in [0.2, 0.25) is 0 Å². The first-order valence-corrected chi connectivity index (χ1v) is 45.0. The number of anilines is 2. The van der Waals surface area contributed by atoms with Crippen molar-refractivity contribution in [2.45, 2.75) is 228 Å². The molecule has 2 aromatic heterocycles. The van der Waals surface area contributed by atoms with Gasteiger partial charge in [-0.3, -0.25) is 4.99 Å². The van der Waals surface area contributed by atoms with Gasteiger partial charge in [-0.1, -0.05) is 309 Å². The van der Waals surface area contributed by atoms with Crippen LogP contribution < -0.4 is 15.5 Å². The minimum Gasteiger partial charge on any atom is -0.461 e. The third-order valence-corrected chi connectivity index (χ3v) is 24.7. The van der Waals surface area contributed by atoms with Gasteiger partial charge in [0.1, 0.15) is 22.6 Å². The molecule has 0 amide bonds. The minimum absolute atomic E-state index is 0.0572. The Morgan fingerprint density at radius 2 is 0.909 bits per heavy atom. The average Bonchev–Trinajstić information content (AvgIpc) is 1.22. The number of hydrogen-bond donors (Lipinski definition) is 1. The second kappa shape index (κ2) is 42.0. The SMILES string of the molecule is CC(C)c1cccc(-c2ccc(-c3nccs3)cc2)c1.CC(C)c1cccc(-c2ccc(C3(C)CCO3)cc2)c1.CC(C)c1cccc(-c2ccc(N3CC4(CCC4)C3)cc2)c1.CC(C)c1cccc(-c2ccc(N3CCCCC3C(F)(F)F)cc2)c1.CC(C)c1cccc(C(C=NC(C)(C)C)=CN)c1.CCc1ccc(-c2cccc(C(C)C)c2)o1. The zero-order chi connectivity index (χ0) is 86.6. The van der Waals surface area contributed by atoms with Crippen molar-refractivity contribution in [1.82, 2.24) is 4.98 Å². The highest BCUT2D eigenvalue weighted by Gasteiger charge is 2.47. The van der Waals surface area contributed by atoms with Crippen molar-refractivity contribution in [2.24, 2.45) is 16.1 Å². The molecule has 1 aliphatic carbocycles. The maximum atomic E-state index is 13.3. The quantitative estimate of drug-likeness (QED) is 0.0863. The van der Waals surface area contributed by atoms with Gasteiger partial charge in [-0.05, 0) is 227 Å². The van der Waals surface area contributed by atoms with Crippen molar-refractivity contribution in [1.29, 1.82) is 0 Å². The lowest BCUT2D eigenvalue weighted by Crippen LogP contribution is -2.59. The number of nitrogens with two attached hydrogens (primary N) is 1. The van der Waals surface area contributed by atoms with Gasteiger partial charge in [-0.2, -0.15) is 13.2 Å². The molecule has 2 unspecified atom stereocenters. The van der Waals surface area contributed by atoms with Gasteiger partial charge in [0.05, 0.1) is 17.7 Å². The summed E-state index contributed by atoms with van der Waals surface area (Å²) in [7, 11) is 0. The van der Waals surface area contributed by atoms with Crippen LogP contribution in [0.5, 0.6) is 0 Å². The summed E-state index contributed by atoms with van der Waals surface area (Å²) >= 11 is 1.67. The molecule has 10 aromatic carbocycles. The number of allylic oxidation sites excluding steroid dienone is 1. The van der Waals surface area contributed by atoms with E-state index < -0.39 is 12.2 Å². The number of thiazole rings is 1. The lowest BCUT2D eigenvalue weighted by Gasteiger charge is -2.57. The summed E-state index contributed by atoms with van der Waals surface area (Å²) in [6.45, 7) is 40.9. The molecule has 2 atom stereocenters. The van der Waals surface area contributed by atoms with Crippen LogP contribution in [0, 0.1) is 5.41 Å². The summed E-state index contributed by atoms with van der Waals surface area (Å²) in [4.78, 5) is 12.9. The molecule has 1 spiro atoms. The maximum absolute atomic E-state index is 13.3. The Kier molecular flexibility index (Phi) is 31.7. The molecule has 634 valence electrons. The average molecular weight is 1640 g/mol. The van der Waals surface area contributed by atoms with Crippen LogP contribution >= 0.6 is 11.3 Å². The number of halogens is 3. The van der Waals surface area contributed by atoms with E-state index in [1.165, 1.54) is 126 Å². The Bertz CT molecular complexity index is 5260. The first kappa shape index (κ1) is 91.4. The van der Waals surface area contributed by atoms with Crippen LogP contribution in [-0.2, 0) is 16.8 Å². The van der Waals surface area contributed by atoms with E-state index in [0.717, 1.165) is 64.7 Å². The second-order valence-electron chi connectivity index (χ2n) is 36.2. The lowest BCUT2D eigenvalue weighted by atomic mass is 9.63. The van der Waals surface area contributed by atoms with Gasteiger partial charge in [0, 0.05) is 90.0 Å². The van der Waals surface area contributed by atoms with Crippen molar-refractivity contribution >= 4 is 34.5 Å². The Hall–Kier alpha value is -10.3. The van der Waals surface area contributed by atoms with Gasteiger partial charge < -0.3 is 24.7 Å². The van der Waals surface area contributed by atoms with E-state index in [1.807, 2.05) is 54.2 Å². The van der Waals surface area contributed by atoms with Crippen LogP contribution in [-0.4, -0.2) is 55.2 Å². The standard InChI is InChI=1S/C21H24F3N.C21H25N.C19H22O.C18H17NS.C16H24N2.C15H18O/c1-15(2)17-6-5-7-18(14-17)16-9-11-19(12-10-16)25-13-4-3-8-20(25)21(22,23)24;1-16(2)18-5-3-6-19(13-18)17-7-9-20(10-8-17)22-14-21(15-22)11-4-12-21;1-14(2)16-5-4-6-17(13-16)15-7-9-18(10-8-15)19(3)11-12-20-19;1-13(2)16-4-3-5-17(12-16)14-6-8-15(9-7-14)18-19-10-11-20-18;1-12(2)13-7-6-8-14(9-13)15(10-17)11-18-16(3,4)5;1-4-14-8-9-15(16-14)13-7-5-6-12(10-13)11(2)3/h5-7,9-12,14-15,20H,3-4,8,13H2,1-2H3;3,5-10,13,16H,4,11-12,14-15H2,1-2H3;4-10,13-14H,11-12H2,1-3H3;3-13H,1-2H3;6-12H,17H2,1-5H3;5-11H,4H2,1-3H3. The molecule has 0 bridgehead atoms. The molecule has 121 heavy (non-hydrogen) atoms. The molecule has 4 aliphatic rings. The van der Waals surface area contributed by atoms with Crippen LogP contribution in [0.3, 0.4) is 0 Å². The molecule has 12 aromatic rings. The largest absolute Gasteiger partial charge is 0.461 e. The van der Waals surface area contributed by atoms with Gasteiger partial charge in [-0.15, -0.1) is 11.3 Å². The summed E-state index contributed by atoms with van der Waals surface area (Å²) in [6, 6.07) is 88.8. The predicted octanol–water partition coefficient (Wildman–Crippen LogP) is 31.2. The fraction of sp³-hybridized carbons (Fsp3) is 0.364. The summed E-state index contributed by atoms with van der Waals surface area (Å²) < 4.78 is 51.4. The van der Waals surface area contributed by atoms with Gasteiger partial charge >= 0.3 is 6.18 Å². The van der Waals surface area contributed by atoms with E-state index in [2.05, 4.69) is 351 Å². The molecule has 3 aliphatic heterocycles. The van der Waals surface area contributed by atoms with Gasteiger partial charge in [-0.25, -0.2) is 4.98 Å². The number of aliphatic imine (C=N–C) groups is 1. The maximum Gasteiger partial charge on any atom is 0.408 e. The summed E-state index contributed by atoms with van der Waals surface area (Å²) in [5.74, 6) is 5.24. The molecule has 1 saturated carbocycles. The molecule has 7 nitrogen and oxygen atoms in total. The van der Waals surface area contributed by atoms with E-state index in [0.29, 0.717) is 59.6 Å². The second-order valence-corrected chi connectivity index (χ2v) is 37.1. The Balaban J connectivity index is 0.000000143. The first-order valence-electron chi connectivity index (χ1n) is 44.1. The highest BCUT2D eigenvalue weighted by molar-refractivity contribution is 7.13. The zero-order valence-electron chi connectivity index (χ0n) is 74.8. The summed E-state index contributed by atoms with van der Waals surface area (Å²) in [5, 5.41) is 3.09. The molecule has 2 N–H and O–H groups in total. The molecule has 0 radical (unpaired) electrons. The molecule has 3 saturated heterocycles. The van der Waals surface area contributed by atoms with Crippen LogP contribution in [0.4, 0.5) is 24.5 Å². The van der Waals surface area contributed by atoms with Crippen molar-refractivity contribution in [3.63, 3.8) is 0 Å². The van der Waals surface area contributed by atoms with E-state index >= 15 is 0 Å². The Labute approximate surface area is 726 Å². The van der Waals surface area contributed by atoms with Crippen molar-refractivity contribution in [3.8, 4) is 66.4 Å². The Morgan fingerprint density at radius 3 is 1.29 bits per heavy atom. The number of ether oxygens (including phenoxy) is 1. The lowest BCUT2D eigenvalue weighted by molar-refractivity contribution is -0.152. The van der Waals surface area contributed by atoms with Gasteiger partial charge in [0.15, 0.2) is 0 Å². The molecule has 4 fully saturated rings. The highest BCUT2D eigenvalue weighted by Crippen LogP contribution is 2.50. The van der Waals surface area contributed by atoms with Crippen molar-refractivity contribution in [2.75, 3.05) is 36.0 Å². The molecule has 16 rings (SSSR count). The highest BCUT2D eigenvalue weighted by atomic mass is 32.1. The fourth-order valence-corrected chi connectivity index (χ4v) is 16.3. The zero-order valence-corrected chi connectivity index (χ0v) is 75.6. The number of alkyl halides is 3. The van der Waals surface area contributed by atoms with E-state index in [1.54, 1.807) is 17.5 Å². The summed E-state index contributed by atoms with van der Waals surface area (Å²) in [5.41, 5.74) is 32.1. The number of aryl methyl sites for hydroxylation is 1. The van der Waals surface area contributed by atoms with E-state index in [-0.39, 0.29) is 17.6 Å². The number of furan rings is 1. The number of rotatable bonds is 18. The molecule has 11 heteroatoms. The topological polar surface area (TPSA) is 80.1 Å². The molecular weight excluding hydrogens is 1510 g/mol. The van der Waals surface area contributed by atoms with Crippen LogP contribution in [0.1, 0.15) is 248 Å². The van der Waals surface area contributed by atoms with E-state index in [9.17, 15) is 13.2 Å². The third kappa shape index (κ3) is 25.2. The smallest absolute Gasteiger partial charge is 0.408 e. The minimum atomic E-state index is -4.18. The normalized spacial score (nSPS) is 16.2. The fourth-order valence-electron chi connectivity index (χ4n) is 15.7. The first-order chi connectivity index (χ1) is 57.9. The Morgan fingerprint density at radius 1 is 0.496 bits per heavy atom. The van der Waals surface area contributed by atoms with E-state index in [4.69, 9.17) is 14.9 Å². The van der Waals surface area contributed by atoms with Crippen LogP contribution in [0.25, 0.3) is 72.0 Å². The summed E-state index contributed by atoms with van der Waals surface area (Å²) in [6.07, 6.45) is 9.19. The molecule has 5 heterocycles. The monoisotopic (exact) mass is 1640 g/mol. The predicted molar refractivity (Wildman–Crippen MR) is 511 cm³/mol. The van der Waals surface area contributed by atoms with Crippen molar-refractivity contribution in [3.05, 3.63) is 323 Å². The number of hydrogen-bond acceptors (Lipinski definition) is 8. The van der Waals surface area contributed by atoms with Crippen molar-refractivity contribution < 1.29 is 22.3 Å². The number of benzene rings is 10. The van der Waals surface area contributed by atoms with Crippen LogP contribution in [0.15, 0.2) is 282 Å². The number of aromatic nitrogens is 1. The number of piperidine rings is 1. The van der Waals surface area contributed by atoms with Gasteiger partial charge in [0.2, 0.25) is 0 Å². The third-order valence-electron chi connectivity index (χ3n) is 23.9. The molecular formula is C110H130F3N5O2S. The number of nitrogens with zero attached hydrogens (tertiary/aromatic N) is 4.